The summed E-state index contributed by atoms with van der Waals surface area (Å²) in [5.74, 6) is -1.44. The van der Waals surface area contributed by atoms with Crippen LogP contribution >= 0.6 is 0 Å². The Morgan fingerprint density at radius 1 is 1.16 bits per heavy atom. The number of amides is 1. The molecule has 0 bridgehead atoms. The van der Waals surface area contributed by atoms with Gasteiger partial charge >= 0.3 is 0 Å². The molecule has 5 rings (SSSR count). The van der Waals surface area contributed by atoms with Crippen LogP contribution in [0.25, 0.3) is 22.4 Å². The van der Waals surface area contributed by atoms with E-state index < -0.39 is 17.5 Å². The van der Waals surface area contributed by atoms with Crippen molar-refractivity contribution in [2.45, 2.75) is 31.8 Å². The highest BCUT2D eigenvalue weighted by atomic mass is 19.1. The number of nitrogens with one attached hydrogen (secondary N) is 2. The molecule has 31 heavy (non-hydrogen) atoms. The number of aromatic amines is 1. The van der Waals surface area contributed by atoms with Gasteiger partial charge < -0.3 is 14.5 Å². The second-order valence-electron chi connectivity index (χ2n) is 7.35. The minimum Gasteiger partial charge on any atom is -0.487 e. The molecule has 1 aliphatic rings. The lowest BCUT2D eigenvalue weighted by molar-refractivity contribution is 0.102. The molecule has 2 N–H and O–H groups in total. The van der Waals surface area contributed by atoms with Gasteiger partial charge in [0.1, 0.15) is 17.7 Å². The number of carbonyl (C=O) groups excluding carboxylic acids is 1. The van der Waals surface area contributed by atoms with Gasteiger partial charge in [-0.1, -0.05) is 0 Å². The van der Waals surface area contributed by atoms with Crippen LogP contribution in [0.4, 0.5) is 14.5 Å². The highest BCUT2D eigenvalue weighted by molar-refractivity contribution is 6.12. The van der Waals surface area contributed by atoms with Gasteiger partial charge in [0.25, 0.3) is 5.91 Å². The lowest BCUT2D eigenvalue weighted by Gasteiger charge is -2.14. The van der Waals surface area contributed by atoms with E-state index in [4.69, 9.17) is 9.15 Å². The first-order valence-electron chi connectivity index (χ1n) is 9.81. The van der Waals surface area contributed by atoms with Crippen molar-refractivity contribution < 1.29 is 22.7 Å². The van der Waals surface area contributed by atoms with Gasteiger partial charge in [0.2, 0.25) is 0 Å². The first kappa shape index (κ1) is 19.2. The molecule has 158 valence electrons. The number of furan rings is 1. The number of anilines is 1. The monoisotopic (exact) mass is 425 g/mol. The molecule has 0 spiro atoms. The van der Waals surface area contributed by atoms with Crippen LogP contribution in [-0.2, 0) is 0 Å². The summed E-state index contributed by atoms with van der Waals surface area (Å²) < 4.78 is 40.1. The fraction of sp³-hybridized carbons (Fsp3) is 0.238. The minimum atomic E-state index is -0.624. The largest absolute Gasteiger partial charge is 0.487 e. The number of tetrazole rings is 1. The third kappa shape index (κ3) is 3.72. The topological polar surface area (TPSA) is 106 Å². The number of H-pyrrole nitrogens is 1. The van der Waals surface area contributed by atoms with E-state index >= 15 is 0 Å². The Morgan fingerprint density at radius 3 is 2.74 bits per heavy atom. The third-order valence-electron chi connectivity index (χ3n) is 5.29. The molecule has 0 saturated heterocycles. The first-order valence-corrected chi connectivity index (χ1v) is 9.81. The molecule has 2 aromatic heterocycles. The summed E-state index contributed by atoms with van der Waals surface area (Å²) in [4.78, 5) is 12.7. The molecule has 2 heterocycles. The molecule has 0 unspecified atom stereocenters. The molecular formula is C21H17F2N5O3. The number of rotatable bonds is 5. The summed E-state index contributed by atoms with van der Waals surface area (Å²) in [5, 5.41) is 15.9. The lowest BCUT2D eigenvalue weighted by atomic mass is 10.1. The number of benzene rings is 2. The lowest BCUT2D eigenvalue weighted by Crippen LogP contribution is -2.13. The molecule has 0 radical (unpaired) electrons. The van der Waals surface area contributed by atoms with Crippen LogP contribution in [0.1, 0.15) is 36.0 Å². The number of ether oxygens (including phenoxy) is 1. The summed E-state index contributed by atoms with van der Waals surface area (Å²) in [6, 6.07) is 6.82. The maximum atomic E-state index is 14.5. The minimum absolute atomic E-state index is 0.0276. The maximum Gasteiger partial charge on any atom is 0.259 e. The van der Waals surface area contributed by atoms with Crippen LogP contribution in [-0.4, -0.2) is 32.6 Å². The summed E-state index contributed by atoms with van der Waals surface area (Å²) >= 11 is 0. The average Bonchev–Trinajstić information content (AvgIpc) is 3.51. The van der Waals surface area contributed by atoms with Crippen molar-refractivity contribution in [1.82, 2.24) is 20.6 Å². The number of aromatic nitrogens is 4. The number of hydrogen-bond acceptors (Lipinski definition) is 6. The highest BCUT2D eigenvalue weighted by Crippen LogP contribution is 2.30. The number of halogens is 2. The predicted molar refractivity (Wildman–Crippen MR) is 107 cm³/mol. The number of carbonyl (C=O) groups is 1. The smallest absolute Gasteiger partial charge is 0.259 e. The third-order valence-corrected chi connectivity index (χ3v) is 5.29. The number of hydrogen-bond donors (Lipinski definition) is 2. The van der Waals surface area contributed by atoms with Crippen molar-refractivity contribution in [1.29, 1.82) is 0 Å². The van der Waals surface area contributed by atoms with Gasteiger partial charge in [0.05, 0.1) is 17.2 Å². The molecule has 4 aromatic rings. The Morgan fingerprint density at radius 2 is 2.00 bits per heavy atom. The van der Waals surface area contributed by atoms with E-state index in [1.165, 1.54) is 30.5 Å². The van der Waals surface area contributed by atoms with Gasteiger partial charge in [-0.2, -0.15) is 0 Å². The van der Waals surface area contributed by atoms with E-state index in [0.717, 1.165) is 25.7 Å². The van der Waals surface area contributed by atoms with E-state index in [9.17, 15) is 13.6 Å². The maximum absolute atomic E-state index is 14.5. The van der Waals surface area contributed by atoms with Crippen molar-refractivity contribution in [3.05, 3.63) is 53.8 Å². The van der Waals surface area contributed by atoms with Crippen LogP contribution < -0.4 is 10.1 Å². The average molecular weight is 425 g/mol. The Labute approximate surface area is 174 Å². The fourth-order valence-corrected chi connectivity index (χ4v) is 3.74. The van der Waals surface area contributed by atoms with Gasteiger partial charge in [-0.25, -0.2) is 13.9 Å². The standard InChI is InChI=1S/C21H17F2N5O3/c22-16-8-13-15(10-30-19(13)9-14(16)20-25-27-28-26-20)21(29)24-11-5-6-18(17(23)7-11)31-12-3-1-2-4-12/h5-10,12H,1-4H2,(H,24,29)(H,25,26,27,28). The summed E-state index contributed by atoms with van der Waals surface area (Å²) in [7, 11) is 0. The Bertz CT molecular complexity index is 1250. The second kappa shape index (κ2) is 7.78. The van der Waals surface area contributed by atoms with E-state index in [2.05, 4.69) is 25.9 Å². The van der Waals surface area contributed by atoms with Crippen molar-refractivity contribution >= 4 is 22.6 Å². The van der Waals surface area contributed by atoms with Crippen LogP contribution in [0, 0.1) is 11.6 Å². The van der Waals surface area contributed by atoms with Gasteiger partial charge in [0, 0.05) is 17.1 Å². The zero-order valence-corrected chi connectivity index (χ0v) is 16.2. The number of nitrogens with zero attached hydrogens (tertiary/aromatic N) is 3. The van der Waals surface area contributed by atoms with Crippen molar-refractivity contribution in [2.75, 3.05) is 5.32 Å². The van der Waals surface area contributed by atoms with Gasteiger partial charge in [-0.15, -0.1) is 5.10 Å². The Hall–Kier alpha value is -3.82. The van der Waals surface area contributed by atoms with Crippen LogP contribution in [0.15, 0.2) is 41.0 Å². The molecule has 0 aliphatic heterocycles. The molecule has 8 nitrogen and oxygen atoms in total. The molecule has 1 aliphatic carbocycles. The Kier molecular flexibility index (Phi) is 4.81. The first-order chi connectivity index (χ1) is 15.1. The summed E-state index contributed by atoms with van der Waals surface area (Å²) in [6.07, 6.45) is 5.23. The van der Waals surface area contributed by atoms with Gasteiger partial charge in [0.15, 0.2) is 17.4 Å². The highest BCUT2D eigenvalue weighted by Gasteiger charge is 2.20. The number of fused-ring (bicyclic) bond motifs is 1. The summed E-state index contributed by atoms with van der Waals surface area (Å²) in [5.41, 5.74) is 0.756. The molecule has 0 atom stereocenters. The molecule has 10 heteroatoms. The van der Waals surface area contributed by atoms with Crippen molar-refractivity contribution in [2.24, 2.45) is 0 Å². The van der Waals surface area contributed by atoms with E-state index in [0.29, 0.717) is 0 Å². The van der Waals surface area contributed by atoms with E-state index in [1.807, 2.05) is 0 Å². The molecule has 1 saturated carbocycles. The zero-order valence-electron chi connectivity index (χ0n) is 16.2. The summed E-state index contributed by atoms with van der Waals surface area (Å²) in [6.45, 7) is 0. The fourth-order valence-electron chi connectivity index (χ4n) is 3.74. The van der Waals surface area contributed by atoms with E-state index in [1.54, 1.807) is 6.07 Å². The second-order valence-corrected chi connectivity index (χ2v) is 7.35. The zero-order chi connectivity index (χ0) is 21.4. The van der Waals surface area contributed by atoms with E-state index in [-0.39, 0.29) is 45.5 Å². The molecule has 2 aromatic carbocycles. The quantitative estimate of drug-likeness (QED) is 0.489. The van der Waals surface area contributed by atoms with Crippen molar-refractivity contribution in [3.63, 3.8) is 0 Å². The predicted octanol–water partition coefficient (Wildman–Crippen LogP) is 4.46. The van der Waals surface area contributed by atoms with Gasteiger partial charge in [-0.3, -0.25) is 4.79 Å². The molecule has 1 amide bonds. The van der Waals surface area contributed by atoms with Crippen LogP contribution in [0.5, 0.6) is 5.75 Å². The molecule has 1 fully saturated rings. The van der Waals surface area contributed by atoms with Crippen molar-refractivity contribution in [3.8, 4) is 17.1 Å². The van der Waals surface area contributed by atoms with Crippen LogP contribution in [0.3, 0.4) is 0 Å². The normalized spacial score (nSPS) is 14.3. The Balaban J connectivity index is 1.36. The SMILES string of the molecule is O=C(Nc1ccc(OC2CCCC2)c(F)c1)c1coc2cc(-c3nnn[nH]3)c(F)cc12. The molecular weight excluding hydrogens is 408 g/mol. The van der Waals surface area contributed by atoms with Crippen LogP contribution in [0.2, 0.25) is 0 Å². The van der Waals surface area contributed by atoms with Gasteiger partial charge in [-0.05, 0) is 60.4 Å².